The molecule has 0 saturated carbocycles. The average Bonchev–Trinajstić information content (AvgIpc) is 2.20. The van der Waals surface area contributed by atoms with Crippen LogP contribution < -0.4 is 0 Å². The van der Waals surface area contributed by atoms with E-state index in [9.17, 15) is 4.79 Å². The van der Waals surface area contributed by atoms with Crippen LogP contribution in [0.2, 0.25) is 5.15 Å². The number of carbonyl (C=O) groups is 1. The van der Waals surface area contributed by atoms with Crippen molar-refractivity contribution in [2.24, 2.45) is 0 Å². The van der Waals surface area contributed by atoms with Gasteiger partial charge in [-0.05, 0) is 19.1 Å². The molecule has 0 unspecified atom stereocenters. The van der Waals surface area contributed by atoms with Gasteiger partial charge in [-0.2, -0.15) is 0 Å². The SMILES string of the molecule is CC(=O)SCCC#Cc1ccc(Cl)nc1C. The van der Waals surface area contributed by atoms with Crippen LogP contribution in [0.15, 0.2) is 12.1 Å². The minimum Gasteiger partial charge on any atom is -0.288 e. The number of thioether (sulfide) groups is 1. The van der Waals surface area contributed by atoms with E-state index in [1.165, 1.54) is 11.8 Å². The Kier molecular flexibility index (Phi) is 5.37. The zero-order valence-corrected chi connectivity index (χ0v) is 10.8. The molecule has 4 heteroatoms. The Morgan fingerprint density at radius 1 is 1.56 bits per heavy atom. The zero-order valence-electron chi connectivity index (χ0n) is 9.21. The first kappa shape index (κ1) is 13.1. The molecule has 1 aromatic heterocycles. The summed E-state index contributed by atoms with van der Waals surface area (Å²) in [6.45, 7) is 3.44. The predicted molar refractivity (Wildman–Crippen MR) is 68.6 cm³/mol. The molecule has 0 aliphatic carbocycles. The largest absolute Gasteiger partial charge is 0.288 e. The van der Waals surface area contributed by atoms with Crippen LogP contribution in [0.5, 0.6) is 0 Å². The van der Waals surface area contributed by atoms with Gasteiger partial charge in [0.25, 0.3) is 0 Å². The molecule has 0 fully saturated rings. The van der Waals surface area contributed by atoms with Gasteiger partial charge in [0.2, 0.25) is 0 Å². The van der Waals surface area contributed by atoms with Crippen molar-refractivity contribution in [1.29, 1.82) is 0 Å². The number of aromatic nitrogens is 1. The summed E-state index contributed by atoms with van der Waals surface area (Å²) in [6, 6.07) is 3.58. The molecule has 0 spiro atoms. The maximum atomic E-state index is 10.7. The van der Waals surface area contributed by atoms with Gasteiger partial charge in [0.05, 0.1) is 5.69 Å². The van der Waals surface area contributed by atoms with E-state index in [0.29, 0.717) is 11.6 Å². The molecule has 2 nitrogen and oxygen atoms in total. The molecular formula is C12H12ClNOS. The van der Waals surface area contributed by atoms with Crippen LogP contribution in [0.1, 0.15) is 24.6 Å². The summed E-state index contributed by atoms with van der Waals surface area (Å²) in [7, 11) is 0. The van der Waals surface area contributed by atoms with Gasteiger partial charge in [-0.25, -0.2) is 4.98 Å². The smallest absolute Gasteiger partial charge is 0.185 e. The summed E-state index contributed by atoms with van der Waals surface area (Å²) in [5.74, 6) is 6.77. The summed E-state index contributed by atoms with van der Waals surface area (Å²) in [5, 5.41) is 0.612. The summed E-state index contributed by atoms with van der Waals surface area (Å²) < 4.78 is 0. The van der Waals surface area contributed by atoms with Crippen LogP contribution in [-0.4, -0.2) is 15.9 Å². The lowest BCUT2D eigenvalue weighted by Crippen LogP contribution is -1.88. The maximum Gasteiger partial charge on any atom is 0.185 e. The molecule has 1 heterocycles. The van der Waals surface area contributed by atoms with Crippen molar-refractivity contribution in [3.63, 3.8) is 0 Å². The van der Waals surface area contributed by atoms with E-state index < -0.39 is 0 Å². The van der Waals surface area contributed by atoms with E-state index in [1.54, 1.807) is 13.0 Å². The topological polar surface area (TPSA) is 30.0 Å². The molecule has 0 aliphatic heterocycles. The number of hydrogen-bond donors (Lipinski definition) is 0. The Hall–Kier alpha value is -0.980. The van der Waals surface area contributed by atoms with Crippen LogP contribution >= 0.6 is 23.4 Å². The summed E-state index contributed by atoms with van der Waals surface area (Å²) >= 11 is 7.03. The van der Waals surface area contributed by atoms with Gasteiger partial charge in [0.15, 0.2) is 5.12 Å². The van der Waals surface area contributed by atoms with Gasteiger partial charge in [-0.3, -0.25) is 4.79 Å². The second kappa shape index (κ2) is 6.57. The highest BCUT2D eigenvalue weighted by Gasteiger charge is 1.96. The monoisotopic (exact) mass is 253 g/mol. The quantitative estimate of drug-likeness (QED) is 0.461. The average molecular weight is 254 g/mol. The number of pyridine rings is 1. The summed E-state index contributed by atoms with van der Waals surface area (Å²) in [5.41, 5.74) is 1.72. The molecule has 0 atom stereocenters. The van der Waals surface area contributed by atoms with Crippen molar-refractivity contribution in [2.45, 2.75) is 20.3 Å². The number of halogens is 1. The normalized spacial score (nSPS) is 9.44. The third-order valence-corrected chi connectivity index (χ3v) is 2.83. The van der Waals surface area contributed by atoms with Crippen molar-refractivity contribution in [1.82, 2.24) is 4.98 Å². The Morgan fingerprint density at radius 3 is 2.94 bits per heavy atom. The lowest BCUT2D eigenvalue weighted by molar-refractivity contribution is -0.109. The molecule has 0 saturated heterocycles. The maximum absolute atomic E-state index is 10.7. The fourth-order valence-electron chi connectivity index (χ4n) is 1.07. The van der Waals surface area contributed by atoms with Gasteiger partial charge in [0, 0.05) is 24.7 Å². The fourth-order valence-corrected chi connectivity index (χ4v) is 1.75. The Morgan fingerprint density at radius 2 is 2.31 bits per heavy atom. The molecule has 0 N–H and O–H groups in total. The van der Waals surface area contributed by atoms with Gasteiger partial charge in [-0.1, -0.05) is 35.2 Å². The highest BCUT2D eigenvalue weighted by molar-refractivity contribution is 8.13. The fraction of sp³-hybridized carbons (Fsp3) is 0.333. The molecular weight excluding hydrogens is 242 g/mol. The molecule has 0 bridgehead atoms. The Balaban J connectivity index is 2.53. The number of rotatable bonds is 2. The Bertz CT molecular complexity index is 448. The molecule has 0 aromatic carbocycles. The van der Waals surface area contributed by atoms with Crippen LogP contribution in [0.3, 0.4) is 0 Å². The Labute approximate surface area is 105 Å². The molecule has 16 heavy (non-hydrogen) atoms. The van der Waals surface area contributed by atoms with E-state index in [-0.39, 0.29) is 5.12 Å². The van der Waals surface area contributed by atoms with Crippen molar-refractivity contribution < 1.29 is 4.79 Å². The predicted octanol–water partition coefficient (Wildman–Crippen LogP) is 3.06. The van der Waals surface area contributed by atoms with Crippen molar-refractivity contribution in [3.8, 4) is 11.8 Å². The first-order valence-electron chi connectivity index (χ1n) is 4.85. The zero-order chi connectivity index (χ0) is 12.0. The van der Waals surface area contributed by atoms with Gasteiger partial charge in [0.1, 0.15) is 5.15 Å². The van der Waals surface area contributed by atoms with E-state index in [1.807, 2.05) is 13.0 Å². The molecule has 0 amide bonds. The third-order valence-electron chi connectivity index (χ3n) is 1.81. The second-order valence-electron chi connectivity index (χ2n) is 3.16. The van der Waals surface area contributed by atoms with Crippen molar-refractivity contribution in [2.75, 3.05) is 5.75 Å². The first-order chi connectivity index (χ1) is 7.59. The number of nitrogens with zero attached hydrogens (tertiary/aromatic N) is 1. The molecule has 1 aromatic rings. The second-order valence-corrected chi connectivity index (χ2v) is 4.82. The van der Waals surface area contributed by atoms with Crippen molar-refractivity contribution >= 4 is 28.5 Å². The first-order valence-corrected chi connectivity index (χ1v) is 6.21. The molecule has 0 aliphatic rings. The third kappa shape index (κ3) is 4.69. The molecule has 1 rings (SSSR count). The highest BCUT2D eigenvalue weighted by Crippen LogP contribution is 2.09. The number of carbonyl (C=O) groups excluding carboxylic acids is 1. The van der Waals surface area contributed by atoms with Gasteiger partial charge in [-0.15, -0.1) is 0 Å². The molecule has 0 radical (unpaired) electrons. The van der Waals surface area contributed by atoms with Crippen molar-refractivity contribution in [3.05, 3.63) is 28.5 Å². The minimum absolute atomic E-state index is 0.131. The van der Waals surface area contributed by atoms with E-state index in [4.69, 9.17) is 11.6 Å². The minimum atomic E-state index is 0.131. The molecule has 84 valence electrons. The highest BCUT2D eigenvalue weighted by atomic mass is 35.5. The van der Waals surface area contributed by atoms with E-state index in [0.717, 1.165) is 17.0 Å². The van der Waals surface area contributed by atoms with E-state index in [2.05, 4.69) is 16.8 Å². The summed E-state index contributed by atoms with van der Waals surface area (Å²) in [6.07, 6.45) is 0.701. The van der Waals surface area contributed by atoms with Crippen LogP contribution in [0.25, 0.3) is 0 Å². The van der Waals surface area contributed by atoms with Crippen LogP contribution in [-0.2, 0) is 4.79 Å². The van der Waals surface area contributed by atoms with Crippen LogP contribution in [0.4, 0.5) is 0 Å². The number of aryl methyl sites for hydroxylation is 1. The standard InChI is InChI=1S/C12H12ClNOS/c1-9-11(6-7-12(13)14-9)5-3-4-8-16-10(2)15/h6-7H,4,8H2,1-2H3. The lowest BCUT2D eigenvalue weighted by Gasteiger charge is -1.96. The lowest BCUT2D eigenvalue weighted by atomic mass is 10.2. The summed E-state index contributed by atoms with van der Waals surface area (Å²) in [4.78, 5) is 14.8. The van der Waals surface area contributed by atoms with Gasteiger partial charge < -0.3 is 0 Å². The van der Waals surface area contributed by atoms with Gasteiger partial charge >= 0.3 is 0 Å². The number of hydrogen-bond acceptors (Lipinski definition) is 3. The van der Waals surface area contributed by atoms with E-state index >= 15 is 0 Å². The van der Waals surface area contributed by atoms with Crippen LogP contribution in [0, 0.1) is 18.8 Å².